The van der Waals surface area contributed by atoms with Crippen molar-refractivity contribution in [3.8, 4) is 0 Å². The van der Waals surface area contributed by atoms with Gasteiger partial charge in [0.1, 0.15) is 0 Å². The molecule has 0 bridgehead atoms. The number of aliphatic hydroxyl groups is 1. The molecular weight excluding hydrogens is 180 g/mol. The van der Waals surface area contributed by atoms with Crippen molar-refractivity contribution in [2.45, 2.75) is 39.7 Å². The Bertz CT molecular complexity index is 197. The number of hydrogen-bond donors (Lipinski definition) is 2. The zero-order valence-corrected chi connectivity index (χ0v) is 9.10. The maximum absolute atomic E-state index is 10.2. The van der Waals surface area contributed by atoms with Gasteiger partial charge >= 0.3 is 5.97 Å². The molecule has 0 unspecified atom stereocenters. The summed E-state index contributed by atoms with van der Waals surface area (Å²) in [5, 5.41) is 17.6. The van der Waals surface area contributed by atoms with E-state index in [0.29, 0.717) is 11.8 Å². The van der Waals surface area contributed by atoms with E-state index in [2.05, 4.69) is 20.8 Å². The zero-order chi connectivity index (χ0) is 11.1. The lowest BCUT2D eigenvalue weighted by Crippen LogP contribution is -2.10. The third-order valence-corrected chi connectivity index (χ3v) is 1.89. The van der Waals surface area contributed by atoms with Gasteiger partial charge in [-0.15, -0.1) is 0 Å². The zero-order valence-electron chi connectivity index (χ0n) is 9.10. The summed E-state index contributed by atoms with van der Waals surface area (Å²) >= 11 is 0. The number of carboxylic acid groups (broad SMARTS) is 1. The molecule has 3 heteroatoms. The predicted octanol–water partition coefficient (Wildman–Crippen LogP) is 2.06. The molecule has 0 aromatic carbocycles. The molecule has 82 valence electrons. The van der Waals surface area contributed by atoms with Gasteiger partial charge in [-0.2, -0.15) is 0 Å². The van der Waals surface area contributed by atoms with Crippen molar-refractivity contribution >= 4 is 5.97 Å². The molecule has 3 nitrogen and oxygen atoms in total. The lowest BCUT2D eigenvalue weighted by Gasteiger charge is -2.09. The first kappa shape index (κ1) is 13.2. The number of aliphatic carboxylic acids is 1. The van der Waals surface area contributed by atoms with Crippen molar-refractivity contribution in [2.75, 3.05) is 0 Å². The number of aliphatic hydroxyl groups excluding tert-OH is 1. The number of hydrogen-bond acceptors (Lipinski definition) is 2. The van der Waals surface area contributed by atoms with Crippen molar-refractivity contribution in [3.63, 3.8) is 0 Å². The molecule has 0 fully saturated rings. The average molecular weight is 200 g/mol. The second-order valence-electron chi connectivity index (χ2n) is 4.16. The molecule has 0 radical (unpaired) electrons. The molecule has 0 aromatic heterocycles. The highest BCUT2D eigenvalue weighted by molar-refractivity contribution is 5.67. The van der Waals surface area contributed by atoms with Crippen molar-refractivity contribution in [3.05, 3.63) is 12.2 Å². The molecule has 0 saturated carbocycles. The largest absolute Gasteiger partial charge is 0.481 e. The molecule has 0 aliphatic heterocycles. The normalized spacial score (nSPS) is 16.1. The smallest absolute Gasteiger partial charge is 0.306 e. The first-order valence-electron chi connectivity index (χ1n) is 5.00. The summed E-state index contributed by atoms with van der Waals surface area (Å²) < 4.78 is 0. The van der Waals surface area contributed by atoms with Gasteiger partial charge in [-0.3, -0.25) is 4.79 Å². The van der Waals surface area contributed by atoms with Crippen LogP contribution in [0.2, 0.25) is 0 Å². The average Bonchev–Trinajstić information content (AvgIpc) is 1.98. The highest BCUT2D eigenvalue weighted by atomic mass is 16.4. The van der Waals surface area contributed by atoms with Crippen LogP contribution in [-0.4, -0.2) is 22.3 Å². The van der Waals surface area contributed by atoms with E-state index in [0.717, 1.165) is 6.42 Å². The monoisotopic (exact) mass is 200 g/mol. The van der Waals surface area contributed by atoms with Gasteiger partial charge in [0.15, 0.2) is 0 Å². The molecule has 0 aromatic rings. The number of allylic oxidation sites excluding steroid dienone is 1. The van der Waals surface area contributed by atoms with E-state index in [1.54, 1.807) is 6.08 Å². The highest BCUT2D eigenvalue weighted by Crippen LogP contribution is 2.12. The van der Waals surface area contributed by atoms with Crippen LogP contribution in [0.4, 0.5) is 0 Å². The fourth-order valence-electron chi connectivity index (χ4n) is 1.39. The molecule has 0 saturated heterocycles. The van der Waals surface area contributed by atoms with Crippen molar-refractivity contribution < 1.29 is 15.0 Å². The van der Waals surface area contributed by atoms with Gasteiger partial charge in [0.25, 0.3) is 0 Å². The van der Waals surface area contributed by atoms with Crippen LogP contribution >= 0.6 is 0 Å². The first-order chi connectivity index (χ1) is 6.41. The summed E-state index contributed by atoms with van der Waals surface area (Å²) in [6.07, 6.45) is 3.43. The van der Waals surface area contributed by atoms with Crippen molar-refractivity contribution in [1.29, 1.82) is 0 Å². The Morgan fingerprint density at radius 3 is 2.29 bits per heavy atom. The molecule has 2 atom stereocenters. The number of carboxylic acids is 1. The van der Waals surface area contributed by atoms with Gasteiger partial charge in [-0.1, -0.05) is 32.9 Å². The van der Waals surface area contributed by atoms with Crippen LogP contribution in [0.15, 0.2) is 12.2 Å². The van der Waals surface area contributed by atoms with Gasteiger partial charge in [-0.25, -0.2) is 0 Å². The Labute approximate surface area is 85.4 Å². The van der Waals surface area contributed by atoms with Crippen LogP contribution in [0.25, 0.3) is 0 Å². The molecule has 0 aliphatic rings. The van der Waals surface area contributed by atoms with E-state index >= 15 is 0 Å². The fourth-order valence-corrected chi connectivity index (χ4v) is 1.39. The molecule has 0 heterocycles. The lowest BCUT2D eigenvalue weighted by molar-refractivity contribution is -0.138. The van der Waals surface area contributed by atoms with E-state index in [1.165, 1.54) is 0 Å². The summed E-state index contributed by atoms with van der Waals surface area (Å²) in [5.74, 6) is 0.0309. The molecular formula is C11H20O3. The minimum Gasteiger partial charge on any atom is -0.481 e. The van der Waals surface area contributed by atoms with Crippen LogP contribution < -0.4 is 0 Å². The summed E-state index contributed by atoms with van der Waals surface area (Å²) in [5.41, 5.74) is 0. The molecule has 0 aliphatic carbocycles. The standard InChI is InChI=1S/C11H20O3/c1-8(2)6-9(3)4-5-10(12)7-11(13)14/h4-5,8-10,12H,6-7H2,1-3H3,(H,13,14)/b5-4-/t9-,10+/m0/s1. The summed E-state index contributed by atoms with van der Waals surface area (Å²) in [6, 6.07) is 0. The van der Waals surface area contributed by atoms with E-state index in [4.69, 9.17) is 5.11 Å². The summed E-state index contributed by atoms with van der Waals surface area (Å²) in [6.45, 7) is 6.33. The van der Waals surface area contributed by atoms with E-state index in [-0.39, 0.29) is 6.42 Å². The maximum atomic E-state index is 10.2. The second kappa shape index (κ2) is 6.60. The highest BCUT2D eigenvalue weighted by Gasteiger charge is 2.06. The number of carbonyl (C=O) groups is 1. The van der Waals surface area contributed by atoms with Crippen LogP contribution in [0.3, 0.4) is 0 Å². The molecule has 0 amide bonds. The Morgan fingerprint density at radius 2 is 1.86 bits per heavy atom. The minimum absolute atomic E-state index is 0.217. The van der Waals surface area contributed by atoms with Gasteiger partial charge in [0, 0.05) is 0 Å². The number of rotatable bonds is 6. The first-order valence-corrected chi connectivity index (χ1v) is 5.00. The third-order valence-electron chi connectivity index (χ3n) is 1.89. The van der Waals surface area contributed by atoms with E-state index in [9.17, 15) is 9.90 Å². The summed E-state index contributed by atoms with van der Waals surface area (Å²) in [4.78, 5) is 10.2. The molecule has 0 spiro atoms. The fraction of sp³-hybridized carbons (Fsp3) is 0.727. The van der Waals surface area contributed by atoms with E-state index in [1.807, 2.05) is 6.08 Å². The van der Waals surface area contributed by atoms with Gasteiger partial charge in [-0.05, 0) is 18.3 Å². The van der Waals surface area contributed by atoms with Crippen LogP contribution in [-0.2, 0) is 4.79 Å². The third kappa shape index (κ3) is 7.80. The van der Waals surface area contributed by atoms with Crippen LogP contribution in [0.5, 0.6) is 0 Å². The second-order valence-corrected chi connectivity index (χ2v) is 4.16. The Kier molecular flexibility index (Phi) is 6.21. The molecule has 14 heavy (non-hydrogen) atoms. The van der Waals surface area contributed by atoms with Crippen LogP contribution in [0.1, 0.15) is 33.6 Å². The van der Waals surface area contributed by atoms with Gasteiger partial charge in [0.05, 0.1) is 12.5 Å². The quantitative estimate of drug-likeness (QED) is 0.645. The van der Waals surface area contributed by atoms with Crippen LogP contribution in [0, 0.1) is 11.8 Å². The SMILES string of the molecule is CC(C)C[C@@H](C)/C=C\[C@@H](O)CC(=O)O. The topological polar surface area (TPSA) is 57.5 Å². The van der Waals surface area contributed by atoms with Gasteiger partial charge < -0.3 is 10.2 Å². The molecule has 2 N–H and O–H groups in total. The van der Waals surface area contributed by atoms with Crippen molar-refractivity contribution in [1.82, 2.24) is 0 Å². The van der Waals surface area contributed by atoms with Gasteiger partial charge in [0.2, 0.25) is 0 Å². The maximum Gasteiger partial charge on any atom is 0.306 e. The Balaban J connectivity index is 3.84. The minimum atomic E-state index is -0.973. The summed E-state index contributed by atoms with van der Waals surface area (Å²) in [7, 11) is 0. The van der Waals surface area contributed by atoms with Crippen molar-refractivity contribution in [2.24, 2.45) is 11.8 Å². The molecule has 0 rings (SSSR count). The Hall–Kier alpha value is -0.830. The van der Waals surface area contributed by atoms with E-state index < -0.39 is 12.1 Å². The lowest BCUT2D eigenvalue weighted by atomic mass is 9.98. The predicted molar refractivity (Wildman–Crippen MR) is 56.0 cm³/mol. The Morgan fingerprint density at radius 1 is 1.29 bits per heavy atom.